The molecule has 17 unspecified atom stereocenters. The first-order chi connectivity index (χ1) is 47.8. The summed E-state index contributed by atoms with van der Waals surface area (Å²) in [6, 6.07) is -1.00. The molecule has 3 fully saturated rings. The SMILES string of the molecule is CC/C=C\C/C=C\C/C=C\C/C=C\C/C=C\C/C=C\C/C=C\C/C=C\CCCCCCCCCCCCCCCCCCC(=O)NC(COC1OC(CO)C(OC2OC(CO)C(OC3OC(CO)C(O)C(O)C3O)C(O)C2O)C(O)C1O)C(O)/C=C/CC/C=C/CC/C=C/CCCC. The number of rotatable bonds is 56. The number of unbranched alkanes of at least 4 members (excludes halogenated alkanes) is 20. The predicted octanol–water partition coefficient (Wildman–Crippen LogP) is 11.3. The fraction of sp³-hybridized carbons (Fsp3) is 0.709. The second kappa shape index (κ2) is 58.4. The number of carbonyl (C=O) groups is 1. The van der Waals surface area contributed by atoms with E-state index in [0.29, 0.717) is 12.8 Å². The van der Waals surface area contributed by atoms with Crippen LogP contribution in [0.3, 0.4) is 0 Å². The summed E-state index contributed by atoms with van der Waals surface area (Å²) in [5.74, 6) is -0.295. The van der Waals surface area contributed by atoms with Crippen LogP contribution in [0.25, 0.3) is 0 Å². The summed E-state index contributed by atoms with van der Waals surface area (Å²) in [4.78, 5) is 13.4. The van der Waals surface area contributed by atoms with Crippen LogP contribution in [0.15, 0.2) is 134 Å². The van der Waals surface area contributed by atoms with Crippen LogP contribution in [-0.2, 0) is 33.2 Å². The molecule has 19 nitrogen and oxygen atoms in total. The van der Waals surface area contributed by atoms with E-state index in [1.54, 1.807) is 6.08 Å². The average molecular weight is 1380 g/mol. The van der Waals surface area contributed by atoms with Gasteiger partial charge in [-0.15, -0.1) is 0 Å². The number of amides is 1. The summed E-state index contributed by atoms with van der Waals surface area (Å²) >= 11 is 0. The van der Waals surface area contributed by atoms with Gasteiger partial charge in [0.15, 0.2) is 18.9 Å². The fourth-order valence-corrected chi connectivity index (χ4v) is 11.6. The molecule has 0 spiro atoms. The van der Waals surface area contributed by atoms with Crippen LogP contribution in [0.2, 0.25) is 0 Å². The Morgan fingerprint density at radius 1 is 0.378 bits per heavy atom. The Bertz CT molecular complexity index is 2290. The quantitative estimate of drug-likeness (QED) is 0.0199. The minimum Gasteiger partial charge on any atom is -0.394 e. The molecule has 19 heteroatoms. The van der Waals surface area contributed by atoms with E-state index in [4.69, 9.17) is 28.4 Å². The third-order valence-electron chi connectivity index (χ3n) is 17.7. The number of aliphatic hydroxyl groups excluding tert-OH is 11. The summed E-state index contributed by atoms with van der Waals surface area (Å²) in [6.45, 7) is 1.51. The van der Waals surface area contributed by atoms with Gasteiger partial charge in [0.25, 0.3) is 0 Å². The Morgan fingerprint density at radius 2 is 0.714 bits per heavy atom. The fourth-order valence-electron chi connectivity index (χ4n) is 11.6. The van der Waals surface area contributed by atoms with Crippen LogP contribution in [0.1, 0.15) is 226 Å². The lowest BCUT2D eigenvalue weighted by Crippen LogP contribution is -2.66. The van der Waals surface area contributed by atoms with Crippen molar-refractivity contribution in [1.82, 2.24) is 5.32 Å². The first-order valence-corrected chi connectivity index (χ1v) is 37.4. The summed E-state index contributed by atoms with van der Waals surface area (Å²) in [6.07, 6.45) is 56.1. The molecule has 0 radical (unpaired) electrons. The monoisotopic (exact) mass is 1380 g/mol. The van der Waals surface area contributed by atoms with Crippen LogP contribution in [-0.4, -0.2) is 193 Å². The second-order valence-corrected chi connectivity index (χ2v) is 26.0. The molecule has 17 atom stereocenters. The molecule has 0 aromatic heterocycles. The van der Waals surface area contributed by atoms with Crippen LogP contribution >= 0.6 is 0 Å². The Kier molecular flexibility index (Phi) is 52.6. The molecular formula is C79H131NO18. The summed E-state index contributed by atoms with van der Waals surface area (Å²) in [5.41, 5.74) is 0. The van der Waals surface area contributed by atoms with Gasteiger partial charge < -0.3 is 89.9 Å². The lowest BCUT2D eigenvalue weighted by molar-refractivity contribution is -0.379. The van der Waals surface area contributed by atoms with E-state index in [1.807, 2.05) is 6.08 Å². The molecule has 3 aliphatic heterocycles. The van der Waals surface area contributed by atoms with Crippen molar-refractivity contribution in [3.8, 4) is 0 Å². The van der Waals surface area contributed by atoms with E-state index >= 15 is 0 Å². The van der Waals surface area contributed by atoms with Crippen LogP contribution in [0.4, 0.5) is 0 Å². The van der Waals surface area contributed by atoms with Crippen molar-refractivity contribution >= 4 is 5.91 Å². The van der Waals surface area contributed by atoms with Crippen LogP contribution in [0.5, 0.6) is 0 Å². The van der Waals surface area contributed by atoms with Crippen molar-refractivity contribution in [1.29, 1.82) is 0 Å². The number of hydrogen-bond donors (Lipinski definition) is 12. The topological polar surface area (TPSA) is 307 Å². The number of hydrogen-bond acceptors (Lipinski definition) is 18. The smallest absolute Gasteiger partial charge is 0.220 e. The molecule has 1 amide bonds. The molecular weight excluding hydrogens is 1250 g/mol. The van der Waals surface area contributed by atoms with Gasteiger partial charge in [0.2, 0.25) is 5.91 Å². The van der Waals surface area contributed by atoms with Gasteiger partial charge in [-0.2, -0.15) is 0 Å². The first-order valence-electron chi connectivity index (χ1n) is 37.4. The summed E-state index contributed by atoms with van der Waals surface area (Å²) < 4.78 is 34.3. The molecule has 0 bridgehead atoms. The third kappa shape index (κ3) is 38.8. The Hall–Kier alpha value is -4.07. The van der Waals surface area contributed by atoms with Gasteiger partial charge in [0.05, 0.1) is 38.6 Å². The Labute approximate surface area is 588 Å². The van der Waals surface area contributed by atoms with Gasteiger partial charge in [-0.25, -0.2) is 0 Å². The van der Waals surface area contributed by atoms with Crippen molar-refractivity contribution in [2.24, 2.45) is 0 Å². The highest BCUT2D eigenvalue weighted by molar-refractivity contribution is 5.76. The molecule has 0 aliphatic carbocycles. The molecule has 3 rings (SSSR count). The maximum absolute atomic E-state index is 13.4. The molecule has 560 valence electrons. The zero-order chi connectivity index (χ0) is 71.1. The largest absolute Gasteiger partial charge is 0.394 e. The average Bonchev–Trinajstić information content (AvgIpc) is 0.785. The standard InChI is InChI=1S/C79H131NO18/c1-3-5-7-9-11-13-15-17-18-19-20-21-22-23-24-25-26-27-28-29-30-31-32-33-34-35-36-37-38-39-40-41-42-43-44-45-47-49-51-53-55-57-67(85)80-62(63(84)56-54-52-50-48-46-16-14-12-10-8-6-4-2)61-93-77-73(91)70(88)75(65(59-82)95-77)98-79-74(92)71(89)76(66(60-83)96-79)97-78-72(90)69(87)68(86)64(58-81)94-78/h5,7,10-13,17-18,20-21,23-24,26-27,29-30,32-33,46,48,54,56,62-66,68-79,81-84,86-92H,3-4,6,8-9,14-16,19,22,25,28,31,34-45,47,49-53,55,57-61H2,1-2H3,(H,80,85)/b7-5-,12-10+,13-11-,18-17-,21-20-,24-23-,27-26-,30-29-,33-32-,48-46+,56-54+. The van der Waals surface area contributed by atoms with Gasteiger partial charge >= 0.3 is 0 Å². The molecule has 3 heterocycles. The molecule has 0 aromatic carbocycles. The lowest BCUT2D eigenvalue weighted by Gasteiger charge is -2.48. The first kappa shape index (κ1) is 88.1. The molecule has 3 saturated heterocycles. The minimum atomic E-state index is -1.99. The molecule has 0 saturated carbocycles. The van der Waals surface area contributed by atoms with E-state index in [2.05, 4.69) is 141 Å². The Morgan fingerprint density at radius 3 is 1.14 bits per heavy atom. The predicted molar refractivity (Wildman–Crippen MR) is 387 cm³/mol. The van der Waals surface area contributed by atoms with Crippen LogP contribution in [0, 0.1) is 0 Å². The van der Waals surface area contributed by atoms with E-state index in [9.17, 15) is 61.0 Å². The van der Waals surface area contributed by atoms with Crippen molar-refractivity contribution in [3.05, 3.63) is 134 Å². The molecule has 0 aromatic rings. The number of carbonyl (C=O) groups excluding carboxylic acids is 1. The highest BCUT2D eigenvalue weighted by Crippen LogP contribution is 2.33. The lowest BCUT2D eigenvalue weighted by atomic mass is 9.96. The van der Waals surface area contributed by atoms with E-state index in [-0.39, 0.29) is 18.9 Å². The van der Waals surface area contributed by atoms with Gasteiger partial charge in [0.1, 0.15) is 73.2 Å². The van der Waals surface area contributed by atoms with Gasteiger partial charge in [-0.1, -0.05) is 250 Å². The van der Waals surface area contributed by atoms with E-state index < -0.39 is 124 Å². The van der Waals surface area contributed by atoms with E-state index in [1.165, 1.54) is 83.5 Å². The zero-order valence-corrected chi connectivity index (χ0v) is 59.5. The molecule has 12 N–H and O–H groups in total. The zero-order valence-electron chi connectivity index (χ0n) is 59.5. The number of allylic oxidation sites excluding steroid dienone is 21. The van der Waals surface area contributed by atoms with Gasteiger partial charge in [-0.05, 0) is 103 Å². The van der Waals surface area contributed by atoms with Crippen LogP contribution < -0.4 is 5.32 Å². The maximum atomic E-state index is 13.4. The van der Waals surface area contributed by atoms with E-state index in [0.717, 1.165) is 109 Å². The minimum absolute atomic E-state index is 0.225. The van der Waals surface area contributed by atoms with Crippen molar-refractivity contribution in [2.45, 2.75) is 330 Å². The third-order valence-corrected chi connectivity index (χ3v) is 17.7. The van der Waals surface area contributed by atoms with Gasteiger partial charge in [0, 0.05) is 6.42 Å². The summed E-state index contributed by atoms with van der Waals surface area (Å²) in [5, 5.41) is 120. The number of ether oxygens (including phenoxy) is 6. The van der Waals surface area contributed by atoms with Crippen molar-refractivity contribution in [3.63, 3.8) is 0 Å². The molecule has 3 aliphatic rings. The van der Waals surface area contributed by atoms with Gasteiger partial charge in [-0.3, -0.25) is 4.79 Å². The van der Waals surface area contributed by atoms with Crippen molar-refractivity contribution < 1.29 is 89.4 Å². The number of nitrogens with one attached hydrogen (secondary N) is 1. The Balaban J connectivity index is 1.30. The normalized spacial score (nSPS) is 27.5. The second-order valence-electron chi connectivity index (χ2n) is 26.0. The maximum Gasteiger partial charge on any atom is 0.220 e. The summed E-state index contributed by atoms with van der Waals surface area (Å²) in [7, 11) is 0. The highest BCUT2D eigenvalue weighted by atomic mass is 16.8. The molecule has 98 heavy (non-hydrogen) atoms. The van der Waals surface area contributed by atoms with Crippen molar-refractivity contribution in [2.75, 3.05) is 26.4 Å². The number of aliphatic hydroxyl groups is 11. The highest BCUT2D eigenvalue weighted by Gasteiger charge is 2.53.